The largest absolute Gasteiger partial charge is 0.390 e. The Balaban J connectivity index is 2.15. The molecule has 1 heterocycles. The van der Waals surface area contributed by atoms with Crippen LogP contribution in [0.5, 0.6) is 0 Å². The number of hydrogen-bond acceptors (Lipinski definition) is 2. The Kier molecular flexibility index (Phi) is 5.91. The summed E-state index contributed by atoms with van der Waals surface area (Å²) >= 11 is 0. The van der Waals surface area contributed by atoms with E-state index in [2.05, 4.69) is 69.9 Å². The summed E-state index contributed by atoms with van der Waals surface area (Å²) < 4.78 is 0. The lowest BCUT2D eigenvalue weighted by atomic mass is 9.74. The second-order valence-electron chi connectivity index (χ2n) is 8.45. The van der Waals surface area contributed by atoms with Gasteiger partial charge in [0.25, 0.3) is 0 Å². The van der Waals surface area contributed by atoms with E-state index in [9.17, 15) is 5.11 Å². The smallest absolute Gasteiger partial charge is 0.0645 e. The Morgan fingerprint density at radius 3 is 2.22 bits per heavy atom. The molecular weight excluding hydrogens is 282 g/mol. The van der Waals surface area contributed by atoms with Gasteiger partial charge in [-0.25, -0.2) is 0 Å². The average molecular weight is 318 g/mol. The standard InChI is InChI=1S/C21H35NO/c1-6-21(23,7-2)15-18-13-14-22(19(18)20(3,4)5)16-17-11-9-8-10-12-17/h8-12,18-19,23H,6-7,13-16H2,1-5H3. The third-order valence-corrected chi connectivity index (χ3v) is 5.70. The van der Waals surface area contributed by atoms with E-state index in [-0.39, 0.29) is 5.41 Å². The molecule has 2 rings (SSSR count). The van der Waals surface area contributed by atoms with Crippen molar-refractivity contribution < 1.29 is 5.11 Å². The van der Waals surface area contributed by atoms with Gasteiger partial charge in [-0.05, 0) is 49.1 Å². The van der Waals surface area contributed by atoms with Crippen LogP contribution < -0.4 is 0 Å². The van der Waals surface area contributed by atoms with E-state index in [1.54, 1.807) is 0 Å². The number of aliphatic hydroxyl groups is 1. The van der Waals surface area contributed by atoms with Crippen molar-refractivity contribution in [1.29, 1.82) is 0 Å². The Morgan fingerprint density at radius 2 is 1.70 bits per heavy atom. The third kappa shape index (κ3) is 4.58. The molecule has 23 heavy (non-hydrogen) atoms. The van der Waals surface area contributed by atoms with Crippen LogP contribution in [0.2, 0.25) is 0 Å². The van der Waals surface area contributed by atoms with Crippen LogP contribution in [0.25, 0.3) is 0 Å². The number of hydrogen-bond donors (Lipinski definition) is 1. The van der Waals surface area contributed by atoms with Gasteiger partial charge in [-0.1, -0.05) is 65.0 Å². The first-order valence-corrected chi connectivity index (χ1v) is 9.29. The number of rotatable bonds is 6. The predicted octanol–water partition coefficient (Wildman–Crippen LogP) is 4.86. The molecule has 1 aliphatic heterocycles. The lowest BCUT2D eigenvalue weighted by Gasteiger charge is -2.41. The molecule has 0 aromatic heterocycles. The van der Waals surface area contributed by atoms with Crippen LogP contribution in [0.4, 0.5) is 0 Å². The highest BCUT2D eigenvalue weighted by molar-refractivity contribution is 5.15. The molecule has 0 bridgehead atoms. The summed E-state index contributed by atoms with van der Waals surface area (Å²) in [7, 11) is 0. The Morgan fingerprint density at radius 1 is 1.09 bits per heavy atom. The lowest BCUT2D eigenvalue weighted by molar-refractivity contribution is -0.00865. The monoisotopic (exact) mass is 317 g/mol. The van der Waals surface area contributed by atoms with Gasteiger partial charge in [-0.15, -0.1) is 0 Å². The first-order valence-electron chi connectivity index (χ1n) is 9.29. The molecule has 1 aromatic carbocycles. The van der Waals surface area contributed by atoms with Gasteiger partial charge in [0.2, 0.25) is 0 Å². The van der Waals surface area contributed by atoms with Crippen LogP contribution in [-0.2, 0) is 6.54 Å². The maximum absolute atomic E-state index is 10.8. The molecule has 2 unspecified atom stereocenters. The summed E-state index contributed by atoms with van der Waals surface area (Å²) in [5, 5.41) is 10.8. The summed E-state index contributed by atoms with van der Waals surface area (Å²) in [6, 6.07) is 11.3. The predicted molar refractivity (Wildman–Crippen MR) is 98.4 cm³/mol. The van der Waals surface area contributed by atoms with E-state index in [0.717, 1.165) is 32.4 Å². The molecular formula is C21H35NO. The minimum atomic E-state index is -0.489. The van der Waals surface area contributed by atoms with Crippen LogP contribution in [0.15, 0.2) is 30.3 Å². The van der Waals surface area contributed by atoms with Crippen LogP contribution in [0.3, 0.4) is 0 Å². The summed E-state index contributed by atoms with van der Waals surface area (Å²) in [5.41, 5.74) is 1.14. The fraction of sp³-hybridized carbons (Fsp3) is 0.714. The zero-order valence-corrected chi connectivity index (χ0v) is 15.7. The molecule has 0 aliphatic carbocycles. The van der Waals surface area contributed by atoms with Crippen LogP contribution in [0.1, 0.15) is 65.9 Å². The Bertz CT molecular complexity index is 472. The highest BCUT2D eigenvalue weighted by atomic mass is 16.3. The minimum absolute atomic E-state index is 0.234. The number of likely N-dealkylation sites (tertiary alicyclic amines) is 1. The quantitative estimate of drug-likeness (QED) is 0.809. The van der Waals surface area contributed by atoms with E-state index in [4.69, 9.17) is 0 Å². The second-order valence-corrected chi connectivity index (χ2v) is 8.45. The van der Waals surface area contributed by atoms with E-state index in [1.807, 2.05) is 0 Å². The van der Waals surface area contributed by atoms with E-state index < -0.39 is 5.60 Å². The van der Waals surface area contributed by atoms with E-state index in [1.165, 1.54) is 12.0 Å². The molecule has 1 aliphatic rings. The van der Waals surface area contributed by atoms with Crippen molar-refractivity contribution in [3.05, 3.63) is 35.9 Å². The SMILES string of the molecule is CCC(O)(CC)CC1CCN(Cc2ccccc2)C1C(C)(C)C. The minimum Gasteiger partial charge on any atom is -0.390 e. The molecule has 2 heteroatoms. The summed E-state index contributed by atoms with van der Waals surface area (Å²) in [6.07, 6.45) is 3.86. The van der Waals surface area contributed by atoms with E-state index >= 15 is 0 Å². The molecule has 0 spiro atoms. The first-order chi connectivity index (χ1) is 10.8. The molecule has 0 amide bonds. The maximum atomic E-state index is 10.8. The van der Waals surface area contributed by atoms with Crippen LogP contribution in [0, 0.1) is 11.3 Å². The highest BCUT2D eigenvalue weighted by Crippen LogP contribution is 2.42. The van der Waals surface area contributed by atoms with Gasteiger partial charge in [0.05, 0.1) is 5.60 Å². The number of nitrogens with zero attached hydrogens (tertiary/aromatic N) is 1. The molecule has 1 fully saturated rings. The topological polar surface area (TPSA) is 23.5 Å². The average Bonchev–Trinajstić information content (AvgIpc) is 2.90. The fourth-order valence-corrected chi connectivity index (χ4v) is 4.42. The van der Waals surface area contributed by atoms with Crippen molar-refractivity contribution in [2.24, 2.45) is 11.3 Å². The summed E-state index contributed by atoms with van der Waals surface area (Å²) in [5.74, 6) is 0.587. The highest BCUT2D eigenvalue weighted by Gasteiger charge is 2.43. The molecule has 130 valence electrons. The second kappa shape index (κ2) is 7.36. The molecule has 1 saturated heterocycles. The Hall–Kier alpha value is -0.860. The van der Waals surface area contributed by atoms with Crippen LogP contribution in [-0.4, -0.2) is 28.2 Å². The fourth-order valence-electron chi connectivity index (χ4n) is 4.42. The molecule has 2 nitrogen and oxygen atoms in total. The van der Waals surface area contributed by atoms with Crippen molar-refractivity contribution in [1.82, 2.24) is 4.90 Å². The number of benzene rings is 1. The van der Waals surface area contributed by atoms with Gasteiger partial charge in [0.15, 0.2) is 0 Å². The van der Waals surface area contributed by atoms with Crippen molar-refractivity contribution in [3.63, 3.8) is 0 Å². The first kappa shape index (κ1) is 18.5. The summed E-state index contributed by atoms with van der Waals surface area (Å²) in [4.78, 5) is 2.64. The van der Waals surface area contributed by atoms with E-state index in [0.29, 0.717) is 12.0 Å². The molecule has 1 N–H and O–H groups in total. The van der Waals surface area contributed by atoms with Gasteiger partial charge in [0, 0.05) is 12.6 Å². The zero-order chi connectivity index (χ0) is 17.1. The molecule has 0 radical (unpaired) electrons. The van der Waals surface area contributed by atoms with Crippen molar-refractivity contribution >= 4 is 0 Å². The van der Waals surface area contributed by atoms with Gasteiger partial charge < -0.3 is 5.11 Å². The molecule has 0 saturated carbocycles. The molecule has 1 aromatic rings. The van der Waals surface area contributed by atoms with Crippen molar-refractivity contribution in [2.45, 2.75) is 78.5 Å². The Labute approximate surface area is 142 Å². The zero-order valence-electron chi connectivity index (χ0n) is 15.7. The lowest BCUT2D eigenvalue weighted by Crippen LogP contribution is -2.44. The normalized spacial score (nSPS) is 23.4. The van der Waals surface area contributed by atoms with Gasteiger partial charge in [-0.2, -0.15) is 0 Å². The van der Waals surface area contributed by atoms with Gasteiger partial charge in [0.1, 0.15) is 0 Å². The third-order valence-electron chi connectivity index (χ3n) is 5.70. The summed E-state index contributed by atoms with van der Waals surface area (Å²) in [6.45, 7) is 13.5. The van der Waals surface area contributed by atoms with Gasteiger partial charge in [-0.3, -0.25) is 4.90 Å². The van der Waals surface area contributed by atoms with Gasteiger partial charge >= 0.3 is 0 Å². The van der Waals surface area contributed by atoms with Crippen molar-refractivity contribution in [2.75, 3.05) is 6.54 Å². The van der Waals surface area contributed by atoms with Crippen LogP contribution >= 0.6 is 0 Å². The maximum Gasteiger partial charge on any atom is 0.0645 e. The van der Waals surface area contributed by atoms with Crippen molar-refractivity contribution in [3.8, 4) is 0 Å². The molecule has 2 atom stereocenters.